The maximum Gasteiger partial charge on any atom is 0.396 e. The van der Waals surface area contributed by atoms with E-state index in [-0.39, 0.29) is 29.1 Å². The van der Waals surface area contributed by atoms with Crippen molar-refractivity contribution in [1.82, 2.24) is 4.98 Å². The van der Waals surface area contributed by atoms with Crippen LogP contribution in [0, 0.1) is 22.6 Å². The molecule has 0 unspecified atom stereocenters. The largest absolute Gasteiger partial charge is 0.404 e. The van der Waals surface area contributed by atoms with E-state index in [0.29, 0.717) is 0 Å². The number of alkyl halides is 3. The second kappa shape index (κ2) is 6.16. The van der Waals surface area contributed by atoms with Crippen LogP contribution >= 0.6 is 11.6 Å². The molecular weight excluding hydrogens is 336 g/mol. The first kappa shape index (κ1) is 17.2. The third kappa shape index (κ3) is 3.45. The van der Waals surface area contributed by atoms with Crippen LogP contribution in [0.15, 0.2) is 17.3 Å². The number of allylic oxidation sites excluding steroid dienone is 1. The molecule has 0 atom stereocenters. The summed E-state index contributed by atoms with van der Waals surface area (Å²) in [4.78, 5) is 7.33. The molecule has 2 N–H and O–H groups in total. The normalized spacial score (nSPS) is 17.3. The molecule has 1 aromatic rings. The Kier molecular flexibility index (Phi) is 4.61. The standard InChI is InChI=1S/C14H11ClF4N4/c15-12-9(3-10(16)11(5-21)23-12)8(4-20)6-22-7-13(1-2-13)14(17,18)19/h3-4,6H,1-2,7,20H2/b8-4+,22-6?. The summed E-state index contributed by atoms with van der Waals surface area (Å²) >= 11 is 5.84. The summed E-state index contributed by atoms with van der Waals surface area (Å²) in [6.07, 6.45) is -2.12. The molecule has 9 heteroatoms. The van der Waals surface area contributed by atoms with E-state index in [1.165, 1.54) is 6.07 Å². The molecule has 0 bridgehead atoms. The monoisotopic (exact) mass is 346 g/mol. The van der Waals surface area contributed by atoms with Gasteiger partial charge in [-0.25, -0.2) is 9.37 Å². The summed E-state index contributed by atoms with van der Waals surface area (Å²) in [5, 5.41) is 8.47. The molecule has 0 aliphatic heterocycles. The van der Waals surface area contributed by atoms with Crippen LogP contribution in [0.5, 0.6) is 0 Å². The number of aromatic nitrogens is 1. The van der Waals surface area contributed by atoms with Gasteiger partial charge in [-0.2, -0.15) is 18.4 Å². The average Bonchev–Trinajstić information content (AvgIpc) is 3.27. The van der Waals surface area contributed by atoms with E-state index in [4.69, 9.17) is 22.6 Å². The maximum atomic E-state index is 13.6. The van der Waals surface area contributed by atoms with E-state index in [1.807, 2.05) is 0 Å². The Labute approximate surface area is 134 Å². The highest BCUT2D eigenvalue weighted by atomic mass is 35.5. The first-order valence-electron chi connectivity index (χ1n) is 6.49. The summed E-state index contributed by atoms with van der Waals surface area (Å²) in [5.74, 6) is -0.909. The van der Waals surface area contributed by atoms with Crippen molar-refractivity contribution < 1.29 is 17.6 Å². The van der Waals surface area contributed by atoms with Gasteiger partial charge in [-0.1, -0.05) is 11.6 Å². The quantitative estimate of drug-likeness (QED) is 0.515. The zero-order valence-corrected chi connectivity index (χ0v) is 12.4. The van der Waals surface area contributed by atoms with E-state index in [1.54, 1.807) is 0 Å². The molecule has 0 saturated heterocycles. The van der Waals surface area contributed by atoms with Crippen LogP contribution in [0.1, 0.15) is 24.1 Å². The number of nitrogens with zero attached hydrogens (tertiary/aromatic N) is 3. The number of hydrogen-bond acceptors (Lipinski definition) is 4. The summed E-state index contributed by atoms with van der Waals surface area (Å²) < 4.78 is 52.0. The fraction of sp³-hybridized carbons (Fsp3) is 0.357. The Morgan fingerprint density at radius 3 is 2.65 bits per heavy atom. The van der Waals surface area contributed by atoms with E-state index in [0.717, 1.165) is 18.5 Å². The van der Waals surface area contributed by atoms with Crippen LogP contribution in [0.3, 0.4) is 0 Å². The van der Waals surface area contributed by atoms with Gasteiger partial charge in [0.2, 0.25) is 0 Å². The molecule has 1 fully saturated rings. The number of nitriles is 1. The van der Waals surface area contributed by atoms with Crippen molar-refractivity contribution in [2.75, 3.05) is 6.54 Å². The van der Waals surface area contributed by atoms with Crippen LogP contribution in [0.25, 0.3) is 5.57 Å². The number of pyridine rings is 1. The van der Waals surface area contributed by atoms with Crippen molar-refractivity contribution in [3.63, 3.8) is 0 Å². The molecule has 23 heavy (non-hydrogen) atoms. The highest BCUT2D eigenvalue weighted by Crippen LogP contribution is 2.57. The van der Waals surface area contributed by atoms with Crippen molar-refractivity contribution in [1.29, 1.82) is 5.26 Å². The van der Waals surface area contributed by atoms with Gasteiger partial charge in [-0.3, -0.25) is 4.99 Å². The van der Waals surface area contributed by atoms with E-state index in [2.05, 4.69) is 9.98 Å². The second-order valence-corrected chi connectivity index (χ2v) is 5.50. The summed E-state index contributed by atoms with van der Waals surface area (Å²) in [7, 11) is 0. The molecule has 0 radical (unpaired) electrons. The number of rotatable bonds is 4. The fourth-order valence-electron chi connectivity index (χ4n) is 1.95. The van der Waals surface area contributed by atoms with Crippen LogP contribution in [0.2, 0.25) is 5.15 Å². The number of aliphatic imine (C=N–C) groups is 1. The van der Waals surface area contributed by atoms with Gasteiger partial charge in [-0.15, -0.1) is 0 Å². The fourth-order valence-corrected chi connectivity index (χ4v) is 2.20. The molecule has 0 amide bonds. The van der Waals surface area contributed by atoms with Gasteiger partial charge in [-0.05, 0) is 18.9 Å². The molecular formula is C14H11ClF4N4. The Bertz CT molecular complexity index is 715. The van der Waals surface area contributed by atoms with Crippen molar-refractivity contribution >= 4 is 23.4 Å². The number of nitrogens with two attached hydrogens (primary N) is 1. The molecule has 1 saturated carbocycles. The smallest absolute Gasteiger partial charge is 0.396 e. The molecule has 4 nitrogen and oxygen atoms in total. The van der Waals surface area contributed by atoms with E-state index in [9.17, 15) is 17.6 Å². The summed E-state index contributed by atoms with van der Waals surface area (Å²) in [6.45, 7) is -0.433. The van der Waals surface area contributed by atoms with E-state index < -0.39 is 29.6 Å². The maximum absolute atomic E-state index is 13.6. The lowest BCUT2D eigenvalue weighted by molar-refractivity contribution is -0.183. The molecule has 122 valence electrons. The van der Waals surface area contributed by atoms with E-state index >= 15 is 0 Å². The van der Waals surface area contributed by atoms with Crippen LogP contribution in [-0.2, 0) is 0 Å². The number of hydrogen-bond donors (Lipinski definition) is 1. The van der Waals surface area contributed by atoms with Gasteiger partial charge in [0.15, 0.2) is 11.5 Å². The Morgan fingerprint density at radius 1 is 1.52 bits per heavy atom. The minimum absolute atomic E-state index is 0.0311. The van der Waals surface area contributed by atoms with Gasteiger partial charge in [0.25, 0.3) is 0 Å². The number of halogens is 5. The lowest BCUT2D eigenvalue weighted by Crippen LogP contribution is -2.27. The first-order valence-corrected chi connectivity index (χ1v) is 6.87. The minimum atomic E-state index is -4.31. The predicted molar refractivity (Wildman–Crippen MR) is 77.2 cm³/mol. The first-order chi connectivity index (χ1) is 10.7. The Morgan fingerprint density at radius 2 is 2.17 bits per heavy atom. The highest BCUT2D eigenvalue weighted by Gasteiger charge is 2.62. The SMILES string of the molecule is N#Cc1nc(Cl)c(/C(C=NCC2(C(F)(F)F)CC2)=C/N)cc1F. The van der Waals surface area contributed by atoms with Crippen LogP contribution in [-0.4, -0.2) is 23.9 Å². The van der Waals surface area contributed by atoms with Crippen molar-refractivity contribution in [3.8, 4) is 6.07 Å². The van der Waals surface area contributed by atoms with Gasteiger partial charge >= 0.3 is 6.18 Å². The highest BCUT2D eigenvalue weighted by molar-refractivity contribution is 6.32. The van der Waals surface area contributed by atoms with Crippen molar-refractivity contribution in [3.05, 3.63) is 34.5 Å². The third-order valence-electron chi connectivity index (χ3n) is 3.61. The molecule has 0 spiro atoms. The van der Waals surface area contributed by atoms with Crippen LogP contribution < -0.4 is 5.73 Å². The van der Waals surface area contributed by atoms with Gasteiger partial charge < -0.3 is 5.73 Å². The average molecular weight is 347 g/mol. The Hall–Kier alpha value is -2.14. The van der Waals surface area contributed by atoms with Gasteiger partial charge in [0, 0.05) is 23.6 Å². The molecule has 1 aromatic heterocycles. The molecule has 0 aromatic carbocycles. The lowest BCUT2D eigenvalue weighted by atomic mass is 10.1. The minimum Gasteiger partial charge on any atom is -0.404 e. The third-order valence-corrected chi connectivity index (χ3v) is 3.89. The summed E-state index contributed by atoms with van der Waals surface area (Å²) in [6, 6.07) is 2.47. The Balaban J connectivity index is 2.21. The van der Waals surface area contributed by atoms with Crippen molar-refractivity contribution in [2.45, 2.75) is 19.0 Å². The topological polar surface area (TPSA) is 75.1 Å². The molecule has 2 rings (SSSR count). The zero-order valence-electron chi connectivity index (χ0n) is 11.7. The molecule has 1 aliphatic rings. The molecule has 1 heterocycles. The summed E-state index contributed by atoms with van der Waals surface area (Å²) in [5.41, 5.74) is 3.30. The lowest BCUT2D eigenvalue weighted by Gasteiger charge is -2.16. The zero-order chi connectivity index (χ0) is 17.3. The predicted octanol–water partition coefficient (Wildman–Crippen LogP) is 3.46. The second-order valence-electron chi connectivity index (χ2n) is 5.14. The van der Waals surface area contributed by atoms with Crippen molar-refractivity contribution in [2.24, 2.45) is 16.1 Å². The van der Waals surface area contributed by atoms with Gasteiger partial charge in [0.05, 0.1) is 12.0 Å². The van der Waals surface area contributed by atoms with Crippen LogP contribution in [0.4, 0.5) is 17.6 Å². The molecule has 1 aliphatic carbocycles. The van der Waals surface area contributed by atoms with Gasteiger partial charge in [0.1, 0.15) is 11.2 Å².